The van der Waals surface area contributed by atoms with Gasteiger partial charge in [0.15, 0.2) is 18.3 Å². The number of furan rings is 1. The Morgan fingerprint density at radius 3 is 3.11 bits per heavy atom. The van der Waals surface area contributed by atoms with Crippen molar-refractivity contribution in [1.82, 2.24) is 14.7 Å². The van der Waals surface area contributed by atoms with Crippen molar-refractivity contribution < 1.29 is 13.8 Å². The number of hydrogen-bond acceptors (Lipinski definition) is 6. The summed E-state index contributed by atoms with van der Waals surface area (Å²) in [4.78, 5) is 9.29. The van der Waals surface area contributed by atoms with Gasteiger partial charge in [0.2, 0.25) is 5.76 Å². The van der Waals surface area contributed by atoms with E-state index in [2.05, 4.69) is 15.6 Å². The van der Waals surface area contributed by atoms with E-state index in [-0.39, 0.29) is 0 Å². The molecule has 0 aliphatic carbocycles. The van der Waals surface area contributed by atoms with Gasteiger partial charge in [0.1, 0.15) is 0 Å². The van der Waals surface area contributed by atoms with Gasteiger partial charge in [-0.05, 0) is 19.1 Å². The highest BCUT2D eigenvalue weighted by molar-refractivity contribution is 5.54. The first-order chi connectivity index (χ1) is 9.33. The maximum atomic E-state index is 5.30. The molecule has 0 spiro atoms. The van der Waals surface area contributed by atoms with Crippen molar-refractivity contribution in [3.8, 4) is 11.5 Å². The van der Waals surface area contributed by atoms with Crippen molar-refractivity contribution in [3.63, 3.8) is 0 Å². The molecule has 0 radical (unpaired) electrons. The van der Waals surface area contributed by atoms with Crippen molar-refractivity contribution in [2.24, 2.45) is 0 Å². The normalized spacial score (nSPS) is 10.8. The van der Waals surface area contributed by atoms with E-state index in [1.807, 2.05) is 11.5 Å². The summed E-state index contributed by atoms with van der Waals surface area (Å²) in [5.74, 6) is 1.63. The van der Waals surface area contributed by atoms with Crippen molar-refractivity contribution in [2.45, 2.75) is 13.7 Å². The Labute approximate surface area is 108 Å². The number of aromatic nitrogens is 3. The van der Waals surface area contributed by atoms with E-state index >= 15 is 0 Å². The molecule has 1 N–H and O–H groups in total. The second kappa shape index (κ2) is 4.99. The molecule has 0 bridgehead atoms. The lowest BCUT2D eigenvalue weighted by Gasteiger charge is -2.05. The van der Waals surface area contributed by atoms with E-state index in [9.17, 15) is 0 Å². The van der Waals surface area contributed by atoms with Gasteiger partial charge in [-0.3, -0.25) is 4.84 Å². The summed E-state index contributed by atoms with van der Waals surface area (Å²) in [5.41, 5.74) is 3.71. The molecule has 3 heterocycles. The maximum absolute atomic E-state index is 5.30. The summed E-state index contributed by atoms with van der Waals surface area (Å²) in [5, 5.41) is 3.82. The summed E-state index contributed by atoms with van der Waals surface area (Å²) >= 11 is 0. The monoisotopic (exact) mass is 260 g/mol. The van der Waals surface area contributed by atoms with Gasteiger partial charge in [0.05, 0.1) is 12.6 Å². The van der Waals surface area contributed by atoms with Gasteiger partial charge in [-0.25, -0.2) is 10.5 Å². The molecule has 3 aromatic rings. The molecule has 98 valence electrons. The van der Waals surface area contributed by atoms with Gasteiger partial charge in [-0.2, -0.15) is 0 Å². The van der Waals surface area contributed by atoms with Crippen LogP contribution in [-0.4, -0.2) is 14.7 Å². The van der Waals surface area contributed by atoms with Crippen LogP contribution in [-0.2, 0) is 11.6 Å². The molecule has 0 aliphatic rings. The number of aryl methyl sites for hydroxylation is 1. The molecule has 0 amide bonds. The first-order valence-electron chi connectivity index (χ1n) is 5.68. The van der Waals surface area contributed by atoms with Crippen LogP contribution in [0, 0.1) is 6.92 Å². The molecule has 7 heteroatoms. The Morgan fingerprint density at radius 2 is 2.37 bits per heavy atom. The number of nitrogens with one attached hydrogen (secondary N) is 1. The van der Waals surface area contributed by atoms with E-state index in [4.69, 9.17) is 13.8 Å². The fourth-order valence-electron chi connectivity index (χ4n) is 1.56. The summed E-state index contributed by atoms with van der Waals surface area (Å²) < 4.78 is 12.2. The number of anilines is 1. The van der Waals surface area contributed by atoms with E-state index in [0.29, 0.717) is 24.1 Å². The van der Waals surface area contributed by atoms with Crippen LogP contribution in [0.2, 0.25) is 0 Å². The van der Waals surface area contributed by atoms with Crippen LogP contribution in [0.3, 0.4) is 0 Å². The molecule has 0 saturated carbocycles. The van der Waals surface area contributed by atoms with E-state index in [0.717, 1.165) is 5.69 Å². The Balaban J connectivity index is 1.58. The molecular weight excluding hydrogens is 248 g/mol. The molecule has 0 saturated heterocycles. The number of hydrogen-bond donors (Lipinski definition) is 1. The van der Waals surface area contributed by atoms with Gasteiger partial charge < -0.3 is 13.5 Å². The number of rotatable bonds is 5. The lowest BCUT2D eigenvalue weighted by Crippen LogP contribution is -2.07. The zero-order valence-corrected chi connectivity index (χ0v) is 10.2. The first kappa shape index (κ1) is 11.5. The molecule has 0 atom stereocenters. The molecule has 0 fully saturated rings. The fourth-order valence-corrected chi connectivity index (χ4v) is 1.56. The molecule has 19 heavy (non-hydrogen) atoms. The summed E-state index contributed by atoms with van der Waals surface area (Å²) in [6.45, 7) is 2.27. The third-order valence-electron chi connectivity index (χ3n) is 2.58. The summed E-state index contributed by atoms with van der Waals surface area (Å²) in [6, 6.07) is 5.27. The van der Waals surface area contributed by atoms with Gasteiger partial charge >= 0.3 is 0 Å². The lowest BCUT2D eigenvalue weighted by atomic mass is 10.3. The van der Waals surface area contributed by atoms with E-state index < -0.39 is 0 Å². The highest BCUT2D eigenvalue weighted by Crippen LogP contribution is 2.22. The Hall–Kier alpha value is -2.54. The highest BCUT2D eigenvalue weighted by Gasteiger charge is 2.08. The second-order valence-electron chi connectivity index (χ2n) is 3.93. The zero-order valence-electron chi connectivity index (χ0n) is 10.2. The topological polar surface area (TPSA) is 78.2 Å². The zero-order chi connectivity index (χ0) is 13.1. The SMILES string of the molecule is Cc1cncn1CONc1cc(-c2ccco2)on1. The minimum Gasteiger partial charge on any atom is -0.461 e. The summed E-state index contributed by atoms with van der Waals surface area (Å²) in [7, 11) is 0. The average Bonchev–Trinajstić information content (AvgIpc) is 3.11. The van der Waals surface area contributed by atoms with Gasteiger partial charge in [0.25, 0.3) is 0 Å². The first-order valence-corrected chi connectivity index (χ1v) is 5.68. The average molecular weight is 260 g/mol. The van der Waals surface area contributed by atoms with Crippen molar-refractivity contribution in [2.75, 3.05) is 5.48 Å². The highest BCUT2D eigenvalue weighted by atomic mass is 16.7. The molecular formula is C12H12N4O3. The Morgan fingerprint density at radius 1 is 1.42 bits per heavy atom. The molecule has 0 aromatic carbocycles. The van der Waals surface area contributed by atoms with Crippen LogP contribution in [0.25, 0.3) is 11.5 Å². The van der Waals surface area contributed by atoms with Gasteiger partial charge in [-0.1, -0.05) is 5.16 Å². The minimum atomic E-state index is 0.328. The Kier molecular flexibility index (Phi) is 3.03. The third-order valence-corrected chi connectivity index (χ3v) is 2.58. The van der Waals surface area contributed by atoms with Crippen molar-refractivity contribution >= 4 is 5.82 Å². The van der Waals surface area contributed by atoms with Crippen molar-refractivity contribution in [1.29, 1.82) is 0 Å². The van der Waals surface area contributed by atoms with Crippen molar-refractivity contribution in [3.05, 3.63) is 42.7 Å². The van der Waals surface area contributed by atoms with Gasteiger partial charge in [0, 0.05) is 18.0 Å². The quantitative estimate of drug-likeness (QED) is 0.710. The van der Waals surface area contributed by atoms with Gasteiger partial charge in [-0.15, -0.1) is 0 Å². The third kappa shape index (κ3) is 2.50. The van der Waals surface area contributed by atoms with Crippen LogP contribution < -0.4 is 5.48 Å². The predicted molar refractivity (Wildman–Crippen MR) is 65.9 cm³/mol. The largest absolute Gasteiger partial charge is 0.461 e. The van der Waals surface area contributed by atoms with Crippen LogP contribution in [0.5, 0.6) is 0 Å². The molecule has 0 aliphatic heterocycles. The number of nitrogens with zero attached hydrogens (tertiary/aromatic N) is 3. The fraction of sp³-hybridized carbons (Fsp3) is 0.167. The van der Waals surface area contributed by atoms with Crippen LogP contribution in [0.4, 0.5) is 5.82 Å². The van der Waals surface area contributed by atoms with Crippen LogP contribution in [0.1, 0.15) is 5.69 Å². The minimum absolute atomic E-state index is 0.328. The maximum Gasteiger partial charge on any atom is 0.204 e. The molecule has 3 rings (SSSR count). The van der Waals surface area contributed by atoms with E-state index in [1.54, 1.807) is 37.0 Å². The smallest absolute Gasteiger partial charge is 0.204 e. The predicted octanol–water partition coefficient (Wildman–Crippen LogP) is 2.44. The summed E-state index contributed by atoms with van der Waals surface area (Å²) in [6.07, 6.45) is 5.02. The molecule has 7 nitrogen and oxygen atoms in total. The Bertz CT molecular complexity index is 642. The number of imidazole rings is 1. The van der Waals surface area contributed by atoms with Crippen LogP contribution >= 0.6 is 0 Å². The van der Waals surface area contributed by atoms with E-state index in [1.165, 1.54) is 0 Å². The second-order valence-corrected chi connectivity index (χ2v) is 3.93. The molecule has 3 aromatic heterocycles. The standard InChI is InChI=1S/C12H12N4O3/c1-9-6-13-7-16(9)8-18-14-12-5-11(19-15-12)10-3-2-4-17-10/h2-7H,8H2,1H3,(H,14,15). The van der Waals surface area contributed by atoms with Crippen LogP contribution in [0.15, 0.2) is 45.9 Å². The molecule has 0 unspecified atom stereocenters. The lowest BCUT2D eigenvalue weighted by molar-refractivity contribution is 0.124.